The molecule has 1 aromatic carbocycles. The van der Waals surface area contributed by atoms with Gasteiger partial charge >= 0.3 is 0 Å². The standard InChI is InChI=1S/C17H25N3O/c21-17(16-8-1-2-9-18-16)19-15-7-5-6-14(12-15)13-20-10-3-4-11-20/h5-7,12,16,18H,1-4,8-11,13H2,(H,19,21)/t16-/m1/s1. The van der Waals surface area contributed by atoms with Gasteiger partial charge in [0.2, 0.25) is 5.91 Å². The fraction of sp³-hybridized carbons (Fsp3) is 0.588. The van der Waals surface area contributed by atoms with Crippen molar-refractivity contribution in [2.75, 3.05) is 25.0 Å². The summed E-state index contributed by atoms with van der Waals surface area (Å²) in [5, 5.41) is 6.35. The fourth-order valence-corrected chi connectivity index (χ4v) is 3.25. The third kappa shape index (κ3) is 4.05. The lowest BCUT2D eigenvalue weighted by molar-refractivity contribution is -0.118. The number of likely N-dealkylation sites (tertiary alicyclic amines) is 1. The first-order chi connectivity index (χ1) is 10.3. The van der Waals surface area contributed by atoms with Crippen molar-refractivity contribution in [2.24, 2.45) is 0 Å². The van der Waals surface area contributed by atoms with Crippen LogP contribution in [0.2, 0.25) is 0 Å². The lowest BCUT2D eigenvalue weighted by Gasteiger charge is -2.22. The number of rotatable bonds is 4. The first-order valence-corrected chi connectivity index (χ1v) is 8.17. The lowest BCUT2D eigenvalue weighted by Crippen LogP contribution is -2.43. The highest BCUT2D eigenvalue weighted by Crippen LogP contribution is 2.17. The van der Waals surface area contributed by atoms with Crippen molar-refractivity contribution in [3.05, 3.63) is 29.8 Å². The molecule has 0 unspecified atom stereocenters. The number of benzene rings is 1. The van der Waals surface area contributed by atoms with Gasteiger partial charge in [0.05, 0.1) is 6.04 Å². The number of amides is 1. The Morgan fingerprint density at radius 2 is 2.10 bits per heavy atom. The Morgan fingerprint density at radius 1 is 1.24 bits per heavy atom. The fourth-order valence-electron chi connectivity index (χ4n) is 3.25. The van der Waals surface area contributed by atoms with Gasteiger partial charge in [-0.1, -0.05) is 18.6 Å². The second-order valence-electron chi connectivity index (χ2n) is 6.18. The van der Waals surface area contributed by atoms with E-state index < -0.39 is 0 Å². The molecule has 2 heterocycles. The van der Waals surface area contributed by atoms with Gasteiger partial charge in [-0.15, -0.1) is 0 Å². The number of hydrogen-bond donors (Lipinski definition) is 2. The molecule has 2 aliphatic rings. The number of carbonyl (C=O) groups is 1. The molecule has 4 heteroatoms. The van der Waals surface area contributed by atoms with Gasteiger partial charge < -0.3 is 10.6 Å². The molecule has 1 atom stereocenters. The summed E-state index contributed by atoms with van der Waals surface area (Å²) >= 11 is 0. The molecule has 2 saturated heterocycles. The summed E-state index contributed by atoms with van der Waals surface area (Å²) in [5.41, 5.74) is 2.20. The zero-order valence-corrected chi connectivity index (χ0v) is 12.6. The van der Waals surface area contributed by atoms with Gasteiger partial charge in [-0.25, -0.2) is 0 Å². The molecule has 2 fully saturated rings. The Balaban J connectivity index is 1.58. The maximum atomic E-state index is 12.2. The molecule has 0 bridgehead atoms. The molecule has 0 aliphatic carbocycles. The van der Waals surface area contributed by atoms with Crippen molar-refractivity contribution in [3.63, 3.8) is 0 Å². The van der Waals surface area contributed by atoms with Gasteiger partial charge in [-0.05, 0) is 63.0 Å². The molecule has 114 valence electrons. The van der Waals surface area contributed by atoms with Crippen LogP contribution in [0.4, 0.5) is 5.69 Å². The second kappa shape index (κ2) is 7.05. The van der Waals surface area contributed by atoms with E-state index in [4.69, 9.17) is 0 Å². The molecule has 4 nitrogen and oxygen atoms in total. The van der Waals surface area contributed by atoms with Crippen molar-refractivity contribution in [1.29, 1.82) is 0 Å². The number of hydrogen-bond acceptors (Lipinski definition) is 3. The Bertz CT molecular complexity index is 477. The summed E-state index contributed by atoms with van der Waals surface area (Å²) < 4.78 is 0. The highest BCUT2D eigenvalue weighted by atomic mass is 16.2. The molecule has 21 heavy (non-hydrogen) atoms. The lowest BCUT2D eigenvalue weighted by atomic mass is 10.0. The quantitative estimate of drug-likeness (QED) is 0.893. The average Bonchev–Trinajstić information content (AvgIpc) is 3.01. The SMILES string of the molecule is O=C(Nc1cccc(CN2CCCC2)c1)[C@H]1CCCCN1. The second-order valence-corrected chi connectivity index (χ2v) is 6.18. The summed E-state index contributed by atoms with van der Waals surface area (Å²) in [4.78, 5) is 14.7. The zero-order chi connectivity index (χ0) is 14.5. The van der Waals surface area contributed by atoms with Crippen LogP contribution >= 0.6 is 0 Å². The van der Waals surface area contributed by atoms with Crippen LogP contribution in [-0.2, 0) is 11.3 Å². The molecular weight excluding hydrogens is 262 g/mol. The van der Waals surface area contributed by atoms with E-state index in [0.717, 1.165) is 31.6 Å². The summed E-state index contributed by atoms with van der Waals surface area (Å²) in [6, 6.07) is 8.25. The van der Waals surface area contributed by atoms with Crippen molar-refractivity contribution in [2.45, 2.75) is 44.7 Å². The van der Waals surface area contributed by atoms with Crippen LogP contribution in [0.5, 0.6) is 0 Å². The first kappa shape index (κ1) is 14.5. The summed E-state index contributed by atoms with van der Waals surface area (Å²) in [5.74, 6) is 0.105. The van der Waals surface area contributed by atoms with Gasteiger partial charge in [0, 0.05) is 12.2 Å². The normalized spacial score (nSPS) is 23.1. The van der Waals surface area contributed by atoms with E-state index in [2.05, 4.69) is 27.7 Å². The predicted molar refractivity (Wildman–Crippen MR) is 85.2 cm³/mol. The van der Waals surface area contributed by atoms with Gasteiger partial charge in [0.15, 0.2) is 0 Å². The third-order valence-electron chi connectivity index (χ3n) is 4.43. The summed E-state index contributed by atoms with van der Waals surface area (Å²) in [6.07, 6.45) is 5.88. The minimum Gasteiger partial charge on any atom is -0.325 e. The topological polar surface area (TPSA) is 44.4 Å². The van der Waals surface area contributed by atoms with Crippen molar-refractivity contribution in [3.8, 4) is 0 Å². The van der Waals surface area contributed by atoms with Crippen LogP contribution in [0.15, 0.2) is 24.3 Å². The maximum Gasteiger partial charge on any atom is 0.241 e. The highest BCUT2D eigenvalue weighted by molar-refractivity contribution is 5.94. The van der Waals surface area contributed by atoms with E-state index in [9.17, 15) is 4.79 Å². The van der Waals surface area contributed by atoms with Crippen LogP contribution in [0.1, 0.15) is 37.7 Å². The minimum atomic E-state index is -0.0269. The molecule has 0 radical (unpaired) electrons. The molecule has 0 spiro atoms. The largest absolute Gasteiger partial charge is 0.325 e. The van der Waals surface area contributed by atoms with E-state index in [1.165, 1.54) is 37.9 Å². The van der Waals surface area contributed by atoms with Crippen LogP contribution in [0.25, 0.3) is 0 Å². The van der Waals surface area contributed by atoms with Gasteiger partial charge in [0.1, 0.15) is 0 Å². The highest BCUT2D eigenvalue weighted by Gasteiger charge is 2.20. The Hall–Kier alpha value is -1.39. The van der Waals surface area contributed by atoms with Crippen LogP contribution in [-0.4, -0.2) is 36.5 Å². The number of anilines is 1. The van der Waals surface area contributed by atoms with Crippen molar-refractivity contribution in [1.82, 2.24) is 10.2 Å². The first-order valence-electron chi connectivity index (χ1n) is 8.17. The van der Waals surface area contributed by atoms with Gasteiger partial charge in [0.25, 0.3) is 0 Å². The van der Waals surface area contributed by atoms with Crippen molar-refractivity contribution < 1.29 is 4.79 Å². The molecule has 2 N–H and O–H groups in total. The number of nitrogens with zero attached hydrogens (tertiary/aromatic N) is 1. The van der Waals surface area contributed by atoms with Gasteiger partial charge in [-0.2, -0.15) is 0 Å². The smallest absolute Gasteiger partial charge is 0.241 e. The van der Waals surface area contributed by atoms with Crippen LogP contribution < -0.4 is 10.6 Å². The Labute approximate surface area is 126 Å². The molecule has 3 rings (SSSR count). The minimum absolute atomic E-state index is 0.0269. The van der Waals surface area contributed by atoms with E-state index in [1.807, 2.05) is 12.1 Å². The number of carbonyl (C=O) groups excluding carboxylic acids is 1. The monoisotopic (exact) mass is 287 g/mol. The van der Waals surface area contributed by atoms with E-state index in [1.54, 1.807) is 0 Å². The third-order valence-corrected chi connectivity index (χ3v) is 4.43. The van der Waals surface area contributed by atoms with E-state index in [-0.39, 0.29) is 11.9 Å². The Kier molecular flexibility index (Phi) is 4.88. The molecule has 0 aromatic heterocycles. The summed E-state index contributed by atoms with van der Waals surface area (Å²) in [7, 11) is 0. The molecule has 0 saturated carbocycles. The molecule has 1 aromatic rings. The number of piperidine rings is 1. The average molecular weight is 287 g/mol. The van der Waals surface area contributed by atoms with Crippen LogP contribution in [0, 0.1) is 0 Å². The molecule has 2 aliphatic heterocycles. The Morgan fingerprint density at radius 3 is 2.86 bits per heavy atom. The molecule has 1 amide bonds. The van der Waals surface area contributed by atoms with Crippen molar-refractivity contribution >= 4 is 11.6 Å². The van der Waals surface area contributed by atoms with Gasteiger partial charge in [-0.3, -0.25) is 9.69 Å². The molecular formula is C17H25N3O. The maximum absolute atomic E-state index is 12.2. The predicted octanol–water partition coefficient (Wildman–Crippen LogP) is 2.36. The zero-order valence-electron chi connectivity index (χ0n) is 12.6. The van der Waals surface area contributed by atoms with E-state index in [0.29, 0.717) is 0 Å². The van der Waals surface area contributed by atoms with Crippen LogP contribution in [0.3, 0.4) is 0 Å². The summed E-state index contributed by atoms with van der Waals surface area (Å²) in [6.45, 7) is 4.34. The number of nitrogens with one attached hydrogen (secondary N) is 2. The van der Waals surface area contributed by atoms with E-state index >= 15 is 0 Å².